The van der Waals surface area contributed by atoms with Crippen molar-refractivity contribution >= 4 is 28.7 Å². The minimum Gasteiger partial charge on any atom is -0.475 e. The number of fused-ring (bicyclic) bond motifs is 1. The molecule has 1 aromatic heterocycles. The highest BCUT2D eigenvalue weighted by atomic mass is 32.2. The number of thioether (sulfide) groups is 1. The van der Waals surface area contributed by atoms with E-state index in [-0.39, 0.29) is 29.8 Å². The fourth-order valence-electron chi connectivity index (χ4n) is 1.78. The Morgan fingerprint density at radius 2 is 2.10 bits per heavy atom. The molecule has 0 radical (unpaired) electrons. The summed E-state index contributed by atoms with van der Waals surface area (Å²) in [5, 5.41) is 12.4. The minimum atomic E-state index is -4.20. The molecular weight excluding hydrogens is 307 g/mol. The molecule has 0 saturated carbocycles. The summed E-state index contributed by atoms with van der Waals surface area (Å²) in [5.41, 5.74) is -2.90. The fraction of sp³-hybridized carbons (Fsp3) is 0.308. The first-order valence-electron chi connectivity index (χ1n) is 6.02. The zero-order valence-electron chi connectivity index (χ0n) is 10.7. The maximum absolute atomic E-state index is 11.9. The summed E-state index contributed by atoms with van der Waals surface area (Å²) < 4.78 is 40.9. The molecule has 0 aliphatic rings. The van der Waals surface area contributed by atoms with Gasteiger partial charge in [0.25, 0.3) is 0 Å². The van der Waals surface area contributed by atoms with Crippen molar-refractivity contribution < 1.29 is 27.5 Å². The first-order valence-corrected chi connectivity index (χ1v) is 7.01. The molecule has 21 heavy (non-hydrogen) atoms. The lowest BCUT2D eigenvalue weighted by molar-refractivity contribution is -0.0327. The molecule has 8 heteroatoms. The molecule has 0 aliphatic carbocycles. The van der Waals surface area contributed by atoms with Crippen LogP contribution in [0.2, 0.25) is 0 Å². The van der Waals surface area contributed by atoms with Crippen LogP contribution in [0.3, 0.4) is 0 Å². The largest absolute Gasteiger partial charge is 0.475 e. The van der Waals surface area contributed by atoms with Crippen LogP contribution in [-0.4, -0.2) is 28.9 Å². The van der Waals surface area contributed by atoms with E-state index in [4.69, 9.17) is 9.52 Å². The average molecular weight is 319 g/mol. The van der Waals surface area contributed by atoms with Crippen molar-refractivity contribution in [2.75, 3.05) is 12.3 Å². The number of furan rings is 1. The molecule has 2 rings (SSSR count). The SMILES string of the molecule is O=C(O)c1cc2cc(CNCCSC(F)(F)F)ccc2o1. The number of alkyl halides is 3. The zero-order chi connectivity index (χ0) is 15.5. The van der Waals surface area contributed by atoms with Gasteiger partial charge in [-0.2, -0.15) is 13.2 Å². The smallest absolute Gasteiger partial charge is 0.441 e. The van der Waals surface area contributed by atoms with Crippen molar-refractivity contribution in [3.05, 3.63) is 35.6 Å². The molecule has 0 aliphatic heterocycles. The summed E-state index contributed by atoms with van der Waals surface area (Å²) in [5.74, 6) is -1.34. The third-order valence-electron chi connectivity index (χ3n) is 2.67. The lowest BCUT2D eigenvalue weighted by Gasteiger charge is -2.07. The number of carboxylic acids is 1. The second kappa shape index (κ2) is 6.40. The quantitative estimate of drug-likeness (QED) is 0.798. The van der Waals surface area contributed by atoms with Gasteiger partial charge in [-0.1, -0.05) is 6.07 Å². The van der Waals surface area contributed by atoms with Gasteiger partial charge in [-0.15, -0.1) is 0 Å². The van der Waals surface area contributed by atoms with E-state index in [9.17, 15) is 18.0 Å². The van der Waals surface area contributed by atoms with Gasteiger partial charge in [-0.25, -0.2) is 4.79 Å². The van der Waals surface area contributed by atoms with Crippen molar-refractivity contribution in [3.63, 3.8) is 0 Å². The first kappa shape index (κ1) is 15.7. The highest BCUT2D eigenvalue weighted by Gasteiger charge is 2.27. The van der Waals surface area contributed by atoms with Crippen molar-refractivity contribution in [1.29, 1.82) is 0 Å². The van der Waals surface area contributed by atoms with Crippen LogP contribution in [0.5, 0.6) is 0 Å². The van der Waals surface area contributed by atoms with Crippen molar-refractivity contribution in [2.45, 2.75) is 12.1 Å². The van der Waals surface area contributed by atoms with Crippen molar-refractivity contribution in [2.24, 2.45) is 0 Å². The van der Waals surface area contributed by atoms with E-state index in [1.165, 1.54) is 6.07 Å². The monoisotopic (exact) mass is 319 g/mol. The lowest BCUT2D eigenvalue weighted by Crippen LogP contribution is -2.18. The molecule has 0 fully saturated rings. The normalized spacial score (nSPS) is 12.0. The van der Waals surface area contributed by atoms with E-state index in [0.717, 1.165) is 5.56 Å². The van der Waals surface area contributed by atoms with E-state index in [1.807, 2.05) is 0 Å². The predicted octanol–water partition coefficient (Wildman–Crippen LogP) is 3.47. The number of hydrogen-bond acceptors (Lipinski definition) is 4. The van der Waals surface area contributed by atoms with Crippen LogP contribution in [0.1, 0.15) is 16.1 Å². The fourth-order valence-corrected chi connectivity index (χ4v) is 2.26. The number of hydrogen-bond donors (Lipinski definition) is 2. The van der Waals surface area contributed by atoms with Gasteiger partial charge >= 0.3 is 11.5 Å². The molecule has 2 aromatic rings. The van der Waals surface area contributed by atoms with E-state index in [2.05, 4.69) is 5.32 Å². The Morgan fingerprint density at radius 3 is 2.76 bits per heavy atom. The maximum atomic E-state index is 11.9. The summed E-state index contributed by atoms with van der Waals surface area (Å²) in [7, 11) is 0. The minimum absolute atomic E-state index is 0.0549. The topological polar surface area (TPSA) is 62.5 Å². The van der Waals surface area contributed by atoms with Gasteiger partial charge in [-0.3, -0.25) is 0 Å². The number of carboxylic acid groups (broad SMARTS) is 1. The Hall–Kier alpha value is -1.67. The van der Waals surface area contributed by atoms with Crippen LogP contribution < -0.4 is 5.32 Å². The third kappa shape index (κ3) is 4.68. The van der Waals surface area contributed by atoms with Crippen LogP contribution in [0, 0.1) is 0 Å². The third-order valence-corrected chi connectivity index (χ3v) is 3.40. The van der Waals surface area contributed by atoms with Gasteiger partial charge in [0.05, 0.1) is 0 Å². The number of rotatable bonds is 6. The number of halogens is 3. The predicted molar refractivity (Wildman–Crippen MR) is 73.4 cm³/mol. The molecule has 0 unspecified atom stereocenters. The molecule has 0 atom stereocenters. The summed E-state index contributed by atoms with van der Waals surface area (Å²) in [6.07, 6.45) is 0. The standard InChI is InChI=1S/C13H12F3NO3S/c14-13(15,16)21-4-3-17-7-8-1-2-10-9(5-8)6-11(20-10)12(18)19/h1-2,5-6,17H,3-4,7H2,(H,18,19). The molecule has 114 valence electrons. The molecule has 1 heterocycles. The molecule has 2 N–H and O–H groups in total. The molecule has 0 bridgehead atoms. The molecular formula is C13H12F3NO3S. The first-order chi connectivity index (χ1) is 9.85. The number of benzene rings is 1. The summed E-state index contributed by atoms with van der Waals surface area (Å²) in [4.78, 5) is 10.8. The molecule has 0 saturated heterocycles. The Balaban J connectivity index is 1.89. The molecule has 1 aromatic carbocycles. The van der Waals surface area contributed by atoms with Gasteiger partial charge in [0.15, 0.2) is 0 Å². The van der Waals surface area contributed by atoms with Gasteiger partial charge in [0.2, 0.25) is 5.76 Å². The Bertz CT molecular complexity index is 639. The maximum Gasteiger partial charge on any atom is 0.441 e. The van der Waals surface area contributed by atoms with E-state index >= 15 is 0 Å². The lowest BCUT2D eigenvalue weighted by atomic mass is 10.1. The van der Waals surface area contributed by atoms with E-state index < -0.39 is 11.5 Å². The van der Waals surface area contributed by atoms with Gasteiger partial charge < -0.3 is 14.8 Å². The van der Waals surface area contributed by atoms with E-state index in [0.29, 0.717) is 17.5 Å². The number of nitrogens with one attached hydrogen (secondary N) is 1. The van der Waals surface area contributed by atoms with Crippen LogP contribution in [0.25, 0.3) is 11.0 Å². The molecule has 0 amide bonds. The van der Waals surface area contributed by atoms with Crippen LogP contribution in [0.15, 0.2) is 28.7 Å². The van der Waals surface area contributed by atoms with Crippen molar-refractivity contribution in [3.8, 4) is 0 Å². The molecule has 0 spiro atoms. The Morgan fingerprint density at radius 1 is 1.33 bits per heavy atom. The Labute approximate surface area is 122 Å². The van der Waals surface area contributed by atoms with Crippen molar-refractivity contribution in [1.82, 2.24) is 5.32 Å². The average Bonchev–Trinajstić information content (AvgIpc) is 2.80. The second-order valence-electron chi connectivity index (χ2n) is 4.26. The van der Waals surface area contributed by atoms with Gasteiger partial charge in [-0.05, 0) is 35.5 Å². The highest BCUT2D eigenvalue weighted by molar-refractivity contribution is 8.00. The van der Waals surface area contributed by atoms with E-state index in [1.54, 1.807) is 18.2 Å². The van der Waals surface area contributed by atoms with Crippen LogP contribution in [0.4, 0.5) is 13.2 Å². The number of aromatic carboxylic acids is 1. The van der Waals surface area contributed by atoms with Crippen LogP contribution in [-0.2, 0) is 6.54 Å². The molecule has 4 nitrogen and oxygen atoms in total. The summed E-state index contributed by atoms with van der Waals surface area (Å²) >= 11 is -0.0650. The second-order valence-corrected chi connectivity index (χ2v) is 5.42. The number of carbonyl (C=O) groups is 1. The Kier molecular flexibility index (Phi) is 4.79. The summed E-state index contributed by atoms with van der Waals surface area (Å²) in [6.45, 7) is 0.635. The highest BCUT2D eigenvalue weighted by Crippen LogP contribution is 2.29. The van der Waals surface area contributed by atoms with Crippen LogP contribution >= 0.6 is 11.8 Å². The zero-order valence-corrected chi connectivity index (χ0v) is 11.6. The van der Waals surface area contributed by atoms with Gasteiger partial charge in [0, 0.05) is 24.2 Å². The summed E-state index contributed by atoms with van der Waals surface area (Å²) in [6, 6.07) is 6.54. The van der Waals surface area contributed by atoms with Gasteiger partial charge in [0.1, 0.15) is 5.58 Å².